The van der Waals surface area contributed by atoms with Crippen molar-refractivity contribution in [3.8, 4) is 5.75 Å². The quantitative estimate of drug-likeness (QED) is 0.828. The summed E-state index contributed by atoms with van der Waals surface area (Å²) in [5, 5.41) is 0. The Morgan fingerprint density at radius 1 is 1.11 bits per heavy atom. The van der Waals surface area contributed by atoms with Crippen molar-refractivity contribution in [2.45, 2.75) is 25.6 Å². The van der Waals surface area contributed by atoms with Gasteiger partial charge in [0.1, 0.15) is 5.75 Å². The number of amides is 1. The van der Waals surface area contributed by atoms with Crippen LogP contribution in [0, 0.1) is 0 Å². The second kappa shape index (κ2) is 5.50. The van der Waals surface area contributed by atoms with Crippen molar-refractivity contribution in [3.05, 3.63) is 29.8 Å². The van der Waals surface area contributed by atoms with E-state index in [2.05, 4.69) is 4.74 Å². The number of nitrogens with zero attached hydrogens (tertiary/aromatic N) is 1. The summed E-state index contributed by atoms with van der Waals surface area (Å²) >= 11 is 0. The van der Waals surface area contributed by atoms with Gasteiger partial charge in [0.2, 0.25) is 0 Å². The number of halogens is 3. The maximum Gasteiger partial charge on any atom is 0.573 e. The molecule has 1 aliphatic heterocycles. The minimum atomic E-state index is -4.79. The largest absolute Gasteiger partial charge is 0.573 e. The number of piperidine rings is 1. The van der Waals surface area contributed by atoms with Gasteiger partial charge in [-0.1, -0.05) is 12.1 Å². The van der Waals surface area contributed by atoms with Crippen molar-refractivity contribution in [1.82, 2.24) is 4.90 Å². The van der Waals surface area contributed by atoms with Gasteiger partial charge in [0.25, 0.3) is 5.91 Å². The molecule has 2 rings (SSSR count). The van der Waals surface area contributed by atoms with Crippen LogP contribution in [0.4, 0.5) is 13.2 Å². The number of carbonyl (C=O) groups is 1. The molecule has 19 heavy (non-hydrogen) atoms. The van der Waals surface area contributed by atoms with Crippen LogP contribution in [-0.2, 0) is 0 Å². The first kappa shape index (κ1) is 13.7. The summed E-state index contributed by atoms with van der Waals surface area (Å²) in [6.07, 6.45) is -1.98. The number of ether oxygens (including phenoxy) is 1. The molecule has 1 heterocycles. The first-order chi connectivity index (χ1) is 8.97. The standard InChI is InChI=1S/C13H14F3NO2/c14-13(15,16)19-11-7-3-2-6-10(11)12(18)17-8-4-1-5-9-17/h2-3,6-7H,1,4-5,8-9H2. The topological polar surface area (TPSA) is 29.5 Å². The molecule has 3 nitrogen and oxygen atoms in total. The van der Waals surface area contributed by atoms with Crippen LogP contribution in [0.3, 0.4) is 0 Å². The first-order valence-electron chi connectivity index (χ1n) is 6.11. The fourth-order valence-corrected chi connectivity index (χ4v) is 2.12. The third-order valence-corrected chi connectivity index (χ3v) is 2.99. The van der Waals surface area contributed by atoms with E-state index in [9.17, 15) is 18.0 Å². The molecule has 0 atom stereocenters. The van der Waals surface area contributed by atoms with E-state index in [1.165, 1.54) is 18.2 Å². The lowest BCUT2D eigenvalue weighted by molar-refractivity contribution is -0.274. The van der Waals surface area contributed by atoms with Crippen LogP contribution < -0.4 is 4.74 Å². The molecule has 1 amide bonds. The maximum absolute atomic E-state index is 12.3. The third-order valence-electron chi connectivity index (χ3n) is 2.99. The second-order valence-electron chi connectivity index (χ2n) is 4.40. The highest BCUT2D eigenvalue weighted by molar-refractivity contribution is 5.97. The number of likely N-dealkylation sites (tertiary alicyclic amines) is 1. The highest BCUT2D eigenvalue weighted by Gasteiger charge is 2.33. The normalized spacial score (nSPS) is 16.3. The Kier molecular flexibility index (Phi) is 3.97. The zero-order chi connectivity index (χ0) is 13.9. The lowest BCUT2D eigenvalue weighted by Gasteiger charge is -2.27. The maximum atomic E-state index is 12.3. The molecule has 0 aliphatic carbocycles. The lowest BCUT2D eigenvalue weighted by atomic mass is 10.1. The number of para-hydroxylation sites is 1. The third kappa shape index (κ3) is 3.62. The van der Waals surface area contributed by atoms with Crippen molar-refractivity contribution < 1.29 is 22.7 Å². The van der Waals surface area contributed by atoms with E-state index >= 15 is 0 Å². The summed E-state index contributed by atoms with van der Waals surface area (Å²) < 4.78 is 40.7. The van der Waals surface area contributed by atoms with Gasteiger partial charge >= 0.3 is 6.36 Å². The summed E-state index contributed by atoms with van der Waals surface area (Å²) in [4.78, 5) is 13.8. The average Bonchev–Trinajstić information content (AvgIpc) is 2.38. The minimum absolute atomic E-state index is 0.0401. The van der Waals surface area contributed by atoms with Gasteiger partial charge in [-0.2, -0.15) is 0 Å². The van der Waals surface area contributed by atoms with Gasteiger partial charge in [-0.3, -0.25) is 4.79 Å². The van der Waals surface area contributed by atoms with Crippen LogP contribution in [-0.4, -0.2) is 30.3 Å². The Labute approximate surface area is 109 Å². The Morgan fingerprint density at radius 2 is 1.74 bits per heavy atom. The van der Waals surface area contributed by atoms with Crippen LogP contribution >= 0.6 is 0 Å². The van der Waals surface area contributed by atoms with Gasteiger partial charge in [-0.15, -0.1) is 13.2 Å². The molecule has 1 saturated heterocycles. The van der Waals surface area contributed by atoms with Crippen molar-refractivity contribution in [1.29, 1.82) is 0 Å². The summed E-state index contributed by atoms with van der Waals surface area (Å²) in [5.41, 5.74) is -0.0401. The molecule has 0 aromatic heterocycles. The number of hydrogen-bond donors (Lipinski definition) is 0. The van der Waals surface area contributed by atoms with Gasteiger partial charge in [0.05, 0.1) is 5.56 Å². The molecule has 0 radical (unpaired) electrons. The highest BCUT2D eigenvalue weighted by atomic mass is 19.4. The predicted octanol–water partition coefficient (Wildman–Crippen LogP) is 3.21. The molecule has 1 aromatic carbocycles. The highest BCUT2D eigenvalue weighted by Crippen LogP contribution is 2.27. The van der Waals surface area contributed by atoms with Gasteiger partial charge in [0.15, 0.2) is 0 Å². The Morgan fingerprint density at radius 3 is 2.37 bits per heavy atom. The monoisotopic (exact) mass is 273 g/mol. The summed E-state index contributed by atoms with van der Waals surface area (Å²) in [6, 6.07) is 5.46. The Bertz CT molecular complexity index is 453. The molecule has 1 fully saturated rings. The molecule has 0 N–H and O–H groups in total. The van der Waals surface area contributed by atoms with Crippen LogP contribution in [0.5, 0.6) is 5.75 Å². The lowest BCUT2D eigenvalue weighted by Crippen LogP contribution is -2.36. The molecular weight excluding hydrogens is 259 g/mol. The second-order valence-corrected chi connectivity index (χ2v) is 4.40. The molecule has 0 saturated carbocycles. The van der Waals surface area contributed by atoms with Crippen LogP contribution in [0.15, 0.2) is 24.3 Å². The number of alkyl halides is 3. The fraction of sp³-hybridized carbons (Fsp3) is 0.462. The summed E-state index contributed by atoms with van der Waals surface area (Å²) in [6.45, 7) is 1.17. The number of carbonyl (C=O) groups excluding carboxylic acids is 1. The minimum Gasteiger partial charge on any atom is -0.405 e. The first-order valence-corrected chi connectivity index (χ1v) is 6.11. The van der Waals surface area contributed by atoms with E-state index in [0.29, 0.717) is 13.1 Å². The van der Waals surface area contributed by atoms with E-state index < -0.39 is 18.0 Å². The molecule has 0 unspecified atom stereocenters. The molecule has 6 heteroatoms. The summed E-state index contributed by atoms with van der Waals surface area (Å²) in [5.74, 6) is -0.842. The Hall–Kier alpha value is -1.72. The molecular formula is C13H14F3NO2. The fourth-order valence-electron chi connectivity index (χ4n) is 2.12. The SMILES string of the molecule is O=C(c1ccccc1OC(F)(F)F)N1CCCCC1. The van der Waals surface area contributed by atoms with Gasteiger partial charge < -0.3 is 9.64 Å². The smallest absolute Gasteiger partial charge is 0.405 e. The number of benzene rings is 1. The van der Waals surface area contributed by atoms with E-state index in [1.807, 2.05) is 0 Å². The number of hydrogen-bond acceptors (Lipinski definition) is 2. The predicted molar refractivity (Wildman–Crippen MR) is 62.9 cm³/mol. The molecule has 0 spiro atoms. The van der Waals surface area contributed by atoms with Gasteiger partial charge in [-0.25, -0.2) is 0 Å². The van der Waals surface area contributed by atoms with Crippen molar-refractivity contribution >= 4 is 5.91 Å². The molecule has 0 bridgehead atoms. The zero-order valence-electron chi connectivity index (χ0n) is 10.2. The van der Waals surface area contributed by atoms with Gasteiger partial charge in [0, 0.05) is 13.1 Å². The van der Waals surface area contributed by atoms with E-state index in [4.69, 9.17) is 0 Å². The molecule has 1 aliphatic rings. The average molecular weight is 273 g/mol. The van der Waals surface area contributed by atoms with Gasteiger partial charge in [-0.05, 0) is 31.4 Å². The van der Waals surface area contributed by atoms with Crippen molar-refractivity contribution in [3.63, 3.8) is 0 Å². The van der Waals surface area contributed by atoms with E-state index in [-0.39, 0.29) is 5.56 Å². The zero-order valence-corrected chi connectivity index (χ0v) is 10.2. The van der Waals surface area contributed by atoms with Crippen molar-refractivity contribution in [2.75, 3.05) is 13.1 Å². The van der Waals surface area contributed by atoms with E-state index in [1.54, 1.807) is 4.90 Å². The molecule has 1 aromatic rings. The van der Waals surface area contributed by atoms with Crippen molar-refractivity contribution in [2.24, 2.45) is 0 Å². The summed E-state index contributed by atoms with van der Waals surface area (Å²) in [7, 11) is 0. The van der Waals surface area contributed by atoms with E-state index in [0.717, 1.165) is 25.3 Å². The van der Waals surface area contributed by atoms with Crippen LogP contribution in [0.1, 0.15) is 29.6 Å². The Balaban J connectivity index is 2.21. The molecule has 104 valence electrons. The number of rotatable bonds is 2. The van der Waals surface area contributed by atoms with Crippen LogP contribution in [0.2, 0.25) is 0 Å². The van der Waals surface area contributed by atoms with Crippen LogP contribution in [0.25, 0.3) is 0 Å².